The van der Waals surface area contributed by atoms with Crippen molar-refractivity contribution in [3.8, 4) is 40.0 Å². The Hall–Kier alpha value is -4.13. The lowest BCUT2D eigenvalue weighted by molar-refractivity contribution is 0.0696. The zero-order chi connectivity index (χ0) is 21.4. The van der Waals surface area contributed by atoms with Crippen LogP contribution in [0, 0.1) is 13.8 Å². The molecule has 0 atom stereocenters. The van der Waals surface area contributed by atoms with Gasteiger partial charge in [-0.25, -0.2) is 14.5 Å². The molecule has 1 aromatic heterocycles. The molecule has 4 rings (SSSR count). The molecule has 0 aliphatic carbocycles. The molecule has 0 amide bonds. The molecule has 7 heteroatoms. The zero-order valence-electron chi connectivity index (χ0n) is 16.4. The third-order valence-corrected chi connectivity index (χ3v) is 4.76. The number of aryl methyl sites for hydroxylation is 2. The first kappa shape index (κ1) is 19.2. The van der Waals surface area contributed by atoms with Crippen molar-refractivity contribution in [1.82, 2.24) is 14.8 Å². The largest absolute Gasteiger partial charge is 0.507 e. The molecule has 0 fully saturated rings. The Kier molecular flexibility index (Phi) is 4.71. The fraction of sp³-hybridized carbons (Fsp3) is 0.0870. The van der Waals surface area contributed by atoms with E-state index >= 15 is 0 Å². The topological polar surface area (TPSA) is 108 Å². The van der Waals surface area contributed by atoms with Crippen LogP contribution in [0.25, 0.3) is 28.5 Å². The van der Waals surface area contributed by atoms with Crippen molar-refractivity contribution in [3.63, 3.8) is 0 Å². The summed E-state index contributed by atoms with van der Waals surface area (Å²) >= 11 is 0. The molecule has 0 spiro atoms. The number of phenolic OH excluding ortho intramolecular Hbond substituents is 2. The number of aromatic nitrogens is 3. The molecule has 150 valence electrons. The van der Waals surface area contributed by atoms with Crippen LogP contribution >= 0.6 is 0 Å². The number of para-hydroxylation sites is 1. The van der Waals surface area contributed by atoms with Crippen LogP contribution in [0.1, 0.15) is 21.5 Å². The van der Waals surface area contributed by atoms with Gasteiger partial charge in [0.05, 0.1) is 22.4 Å². The molecular formula is C23H19N3O4. The van der Waals surface area contributed by atoms with Crippen molar-refractivity contribution in [1.29, 1.82) is 0 Å². The SMILES string of the molecule is Cc1ccc(O)c(-c2nc(-c3cc(C)ccc3O)n(-c3ccccc3C(=O)O)n2)c1. The molecule has 0 bridgehead atoms. The maximum atomic E-state index is 11.8. The van der Waals surface area contributed by atoms with Gasteiger partial charge in [0.25, 0.3) is 0 Å². The molecule has 7 nitrogen and oxygen atoms in total. The fourth-order valence-corrected chi connectivity index (χ4v) is 3.27. The lowest BCUT2D eigenvalue weighted by atomic mass is 10.1. The number of carbonyl (C=O) groups is 1. The summed E-state index contributed by atoms with van der Waals surface area (Å²) in [6.07, 6.45) is 0. The van der Waals surface area contributed by atoms with Gasteiger partial charge in [-0.15, -0.1) is 5.10 Å². The van der Waals surface area contributed by atoms with Gasteiger partial charge in [-0.05, 0) is 50.2 Å². The zero-order valence-corrected chi connectivity index (χ0v) is 16.4. The molecule has 0 saturated carbocycles. The highest BCUT2D eigenvalue weighted by atomic mass is 16.4. The van der Waals surface area contributed by atoms with E-state index in [1.54, 1.807) is 54.6 Å². The Labute approximate surface area is 172 Å². The smallest absolute Gasteiger partial charge is 0.337 e. The fourth-order valence-electron chi connectivity index (χ4n) is 3.27. The van der Waals surface area contributed by atoms with Crippen molar-refractivity contribution in [3.05, 3.63) is 77.4 Å². The molecule has 0 saturated heterocycles. The Morgan fingerprint density at radius 3 is 2.13 bits per heavy atom. The minimum Gasteiger partial charge on any atom is -0.507 e. The van der Waals surface area contributed by atoms with Gasteiger partial charge in [0.15, 0.2) is 11.6 Å². The molecule has 3 N–H and O–H groups in total. The van der Waals surface area contributed by atoms with E-state index < -0.39 is 5.97 Å². The minimum absolute atomic E-state index is 0.00397. The molecule has 30 heavy (non-hydrogen) atoms. The number of carboxylic acid groups (broad SMARTS) is 1. The summed E-state index contributed by atoms with van der Waals surface area (Å²) in [6, 6.07) is 16.6. The number of rotatable bonds is 4. The first-order chi connectivity index (χ1) is 14.3. The van der Waals surface area contributed by atoms with Gasteiger partial charge in [0.1, 0.15) is 11.5 Å². The quantitative estimate of drug-likeness (QED) is 0.470. The van der Waals surface area contributed by atoms with Gasteiger partial charge in [-0.2, -0.15) is 0 Å². The number of aromatic hydroxyl groups is 2. The minimum atomic E-state index is -1.11. The van der Waals surface area contributed by atoms with Crippen LogP contribution < -0.4 is 0 Å². The predicted molar refractivity (Wildman–Crippen MR) is 112 cm³/mol. The summed E-state index contributed by atoms with van der Waals surface area (Å²) in [5.74, 6) is -0.639. The average molecular weight is 401 g/mol. The highest BCUT2D eigenvalue weighted by Gasteiger charge is 2.22. The second-order valence-electron chi connectivity index (χ2n) is 7.03. The molecule has 0 aliphatic rings. The molecular weight excluding hydrogens is 382 g/mol. The Bertz CT molecular complexity index is 1280. The monoisotopic (exact) mass is 401 g/mol. The van der Waals surface area contributed by atoms with E-state index in [4.69, 9.17) is 0 Å². The number of nitrogens with zero attached hydrogens (tertiary/aromatic N) is 3. The summed E-state index contributed by atoms with van der Waals surface area (Å²) in [6.45, 7) is 3.76. The molecule has 0 aliphatic heterocycles. The van der Waals surface area contributed by atoms with E-state index in [0.717, 1.165) is 11.1 Å². The van der Waals surface area contributed by atoms with Crippen molar-refractivity contribution in [2.24, 2.45) is 0 Å². The molecule has 4 aromatic rings. The number of phenols is 2. The van der Waals surface area contributed by atoms with Crippen molar-refractivity contribution in [2.75, 3.05) is 0 Å². The van der Waals surface area contributed by atoms with Crippen LogP contribution in [0.2, 0.25) is 0 Å². The van der Waals surface area contributed by atoms with Crippen molar-refractivity contribution >= 4 is 5.97 Å². The van der Waals surface area contributed by atoms with Gasteiger partial charge >= 0.3 is 5.97 Å². The third-order valence-electron chi connectivity index (χ3n) is 4.76. The average Bonchev–Trinajstić information content (AvgIpc) is 3.16. The molecule has 3 aromatic carbocycles. The van der Waals surface area contributed by atoms with E-state index in [2.05, 4.69) is 10.1 Å². The molecule has 0 unspecified atom stereocenters. The van der Waals surface area contributed by atoms with Gasteiger partial charge < -0.3 is 15.3 Å². The number of hydrogen-bond donors (Lipinski definition) is 3. The van der Waals surface area contributed by atoms with Crippen LogP contribution in [-0.2, 0) is 0 Å². The Morgan fingerprint density at radius 1 is 0.867 bits per heavy atom. The Morgan fingerprint density at radius 2 is 1.47 bits per heavy atom. The normalized spacial score (nSPS) is 10.9. The predicted octanol–water partition coefficient (Wildman–Crippen LogP) is 4.33. The van der Waals surface area contributed by atoms with Crippen molar-refractivity contribution in [2.45, 2.75) is 13.8 Å². The molecule has 1 heterocycles. The van der Waals surface area contributed by atoms with Crippen LogP contribution in [-0.4, -0.2) is 36.1 Å². The highest BCUT2D eigenvalue weighted by molar-refractivity contribution is 5.92. The summed E-state index contributed by atoms with van der Waals surface area (Å²) in [7, 11) is 0. The van der Waals surface area contributed by atoms with Gasteiger partial charge in [-0.1, -0.05) is 35.4 Å². The third kappa shape index (κ3) is 3.37. The van der Waals surface area contributed by atoms with Crippen LogP contribution in [0.3, 0.4) is 0 Å². The first-order valence-electron chi connectivity index (χ1n) is 9.25. The molecule has 0 radical (unpaired) electrons. The number of aromatic carboxylic acids is 1. The van der Waals surface area contributed by atoms with Crippen LogP contribution in [0.15, 0.2) is 60.7 Å². The lowest BCUT2D eigenvalue weighted by Crippen LogP contribution is -2.08. The summed E-state index contributed by atoms with van der Waals surface area (Å²) in [4.78, 5) is 16.4. The maximum Gasteiger partial charge on any atom is 0.337 e. The number of hydrogen-bond acceptors (Lipinski definition) is 5. The van der Waals surface area contributed by atoms with Gasteiger partial charge in [0.2, 0.25) is 0 Å². The Balaban J connectivity index is 2.04. The lowest BCUT2D eigenvalue weighted by Gasteiger charge is -2.10. The highest BCUT2D eigenvalue weighted by Crippen LogP contribution is 2.35. The standard InChI is InChI=1S/C23H19N3O4/c1-13-7-9-19(27)16(11-13)21-24-22(17-12-14(2)8-10-20(17)28)26(25-21)18-6-4-3-5-15(18)23(29)30/h3-12,27-28H,1-2H3,(H,29,30). The van der Waals surface area contributed by atoms with Gasteiger partial charge in [-0.3, -0.25) is 0 Å². The summed E-state index contributed by atoms with van der Waals surface area (Å²) in [5, 5.41) is 35.0. The van der Waals surface area contributed by atoms with E-state index in [1.165, 1.54) is 10.7 Å². The number of benzene rings is 3. The maximum absolute atomic E-state index is 11.8. The second-order valence-corrected chi connectivity index (χ2v) is 7.03. The first-order valence-corrected chi connectivity index (χ1v) is 9.25. The summed E-state index contributed by atoms with van der Waals surface area (Å²) < 4.78 is 1.38. The second kappa shape index (κ2) is 7.36. The van der Waals surface area contributed by atoms with Crippen molar-refractivity contribution < 1.29 is 20.1 Å². The van der Waals surface area contributed by atoms with Gasteiger partial charge in [0, 0.05) is 0 Å². The summed E-state index contributed by atoms with van der Waals surface area (Å²) in [5.41, 5.74) is 2.95. The van der Waals surface area contributed by atoms with Crippen LogP contribution in [0.5, 0.6) is 11.5 Å². The van der Waals surface area contributed by atoms with E-state index in [9.17, 15) is 20.1 Å². The van der Waals surface area contributed by atoms with E-state index in [-0.39, 0.29) is 28.7 Å². The van der Waals surface area contributed by atoms with E-state index in [1.807, 2.05) is 13.8 Å². The van der Waals surface area contributed by atoms with Crippen LogP contribution in [0.4, 0.5) is 0 Å². The van der Waals surface area contributed by atoms with E-state index in [0.29, 0.717) is 16.8 Å². The number of carboxylic acids is 1.